The smallest absolute Gasteiger partial charge is 0.0298 e. The van der Waals surface area contributed by atoms with E-state index in [2.05, 4.69) is 6.92 Å². The fourth-order valence-electron chi connectivity index (χ4n) is 3.57. The molecule has 13 heavy (non-hydrogen) atoms. The highest BCUT2D eigenvalue weighted by Gasteiger charge is 2.35. The van der Waals surface area contributed by atoms with E-state index in [-0.39, 0.29) is 0 Å². The summed E-state index contributed by atoms with van der Waals surface area (Å²) >= 11 is 0. The van der Waals surface area contributed by atoms with Crippen LogP contribution in [-0.2, 0) is 0 Å². The van der Waals surface area contributed by atoms with Crippen LogP contribution in [0.5, 0.6) is 0 Å². The first-order valence-electron chi connectivity index (χ1n) is 6.31. The van der Waals surface area contributed by atoms with Crippen LogP contribution in [0, 0.1) is 11.3 Å². The molecule has 0 aliphatic heterocycles. The lowest BCUT2D eigenvalue weighted by Crippen LogP contribution is -2.31. The second-order valence-electron chi connectivity index (χ2n) is 5.55. The number of hydrogen-bond donors (Lipinski definition) is 0. The third-order valence-corrected chi connectivity index (χ3v) is 4.59. The first kappa shape index (κ1) is 9.55. The maximum atomic E-state index is 2.57. The van der Waals surface area contributed by atoms with Gasteiger partial charge in [-0.25, -0.2) is 0 Å². The van der Waals surface area contributed by atoms with Gasteiger partial charge in [0.2, 0.25) is 0 Å². The fraction of sp³-hybridized carbons (Fsp3) is 1.00. The first-order chi connectivity index (χ1) is 6.31. The van der Waals surface area contributed by atoms with Crippen LogP contribution in [0.15, 0.2) is 0 Å². The van der Waals surface area contributed by atoms with Gasteiger partial charge in [0.15, 0.2) is 0 Å². The lowest BCUT2D eigenvalue weighted by Gasteiger charge is -2.43. The minimum atomic E-state index is 0.749. The van der Waals surface area contributed by atoms with E-state index in [0.29, 0.717) is 0 Å². The molecule has 2 aliphatic carbocycles. The van der Waals surface area contributed by atoms with Gasteiger partial charge in [-0.05, 0) is 37.0 Å². The van der Waals surface area contributed by atoms with Crippen molar-refractivity contribution in [3.63, 3.8) is 0 Å². The zero-order valence-corrected chi connectivity index (χ0v) is 9.15. The van der Waals surface area contributed by atoms with Gasteiger partial charge in [-0.15, -0.1) is 0 Å². The molecular formula is C13H24. The highest BCUT2D eigenvalue weighted by Crippen LogP contribution is 2.48. The maximum absolute atomic E-state index is 2.57. The Kier molecular flexibility index (Phi) is 2.96. The van der Waals surface area contributed by atoms with Gasteiger partial charge < -0.3 is 0 Å². The summed E-state index contributed by atoms with van der Waals surface area (Å²) in [7, 11) is 0. The van der Waals surface area contributed by atoms with Crippen LogP contribution >= 0.6 is 0 Å². The third kappa shape index (κ3) is 2.08. The SMILES string of the molecule is CC12CCCCCCC1CCCC2. The zero-order valence-electron chi connectivity index (χ0n) is 9.15. The van der Waals surface area contributed by atoms with Crippen LogP contribution in [0.3, 0.4) is 0 Å². The Bertz CT molecular complexity index is 161. The van der Waals surface area contributed by atoms with E-state index in [1.165, 1.54) is 64.2 Å². The maximum Gasteiger partial charge on any atom is -0.0298 e. The van der Waals surface area contributed by atoms with Crippen LogP contribution in [0.4, 0.5) is 0 Å². The van der Waals surface area contributed by atoms with Gasteiger partial charge in [0.25, 0.3) is 0 Å². The zero-order chi connectivity index (χ0) is 9.15. The summed E-state index contributed by atoms with van der Waals surface area (Å²) in [5.41, 5.74) is 0.749. The lowest BCUT2D eigenvalue weighted by atomic mass is 9.62. The summed E-state index contributed by atoms with van der Waals surface area (Å²) in [5, 5.41) is 0. The van der Waals surface area contributed by atoms with E-state index < -0.39 is 0 Å². The van der Waals surface area contributed by atoms with Crippen molar-refractivity contribution >= 4 is 0 Å². The Hall–Kier alpha value is 0. The molecule has 2 atom stereocenters. The minimum absolute atomic E-state index is 0.749. The molecule has 2 fully saturated rings. The molecular weight excluding hydrogens is 156 g/mol. The Morgan fingerprint density at radius 2 is 1.31 bits per heavy atom. The Morgan fingerprint density at radius 1 is 0.769 bits per heavy atom. The van der Waals surface area contributed by atoms with Gasteiger partial charge in [-0.1, -0.05) is 45.4 Å². The topological polar surface area (TPSA) is 0 Å². The molecule has 0 radical (unpaired) electrons. The number of rotatable bonds is 0. The van der Waals surface area contributed by atoms with Crippen molar-refractivity contribution in [1.29, 1.82) is 0 Å². The summed E-state index contributed by atoms with van der Waals surface area (Å²) in [6.45, 7) is 2.57. The largest absolute Gasteiger partial charge is 0.0594 e. The first-order valence-corrected chi connectivity index (χ1v) is 6.31. The van der Waals surface area contributed by atoms with Gasteiger partial charge in [0, 0.05) is 0 Å². The van der Waals surface area contributed by atoms with Crippen molar-refractivity contribution in [3.8, 4) is 0 Å². The molecule has 0 heterocycles. The fourth-order valence-corrected chi connectivity index (χ4v) is 3.57. The van der Waals surface area contributed by atoms with Crippen LogP contribution in [-0.4, -0.2) is 0 Å². The second kappa shape index (κ2) is 4.02. The van der Waals surface area contributed by atoms with Crippen LogP contribution < -0.4 is 0 Å². The molecule has 2 aliphatic rings. The highest BCUT2D eigenvalue weighted by atomic mass is 14.4. The molecule has 0 aromatic carbocycles. The second-order valence-corrected chi connectivity index (χ2v) is 5.55. The molecule has 0 aromatic rings. The van der Waals surface area contributed by atoms with Gasteiger partial charge in [-0.3, -0.25) is 0 Å². The molecule has 0 N–H and O–H groups in total. The summed E-state index contributed by atoms with van der Waals surface area (Å²) in [6.07, 6.45) is 15.2. The molecule has 76 valence electrons. The molecule has 0 bridgehead atoms. The molecule has 0 amide bonds. The van der Waals surface area contributed by atoms with Crippen molar-refractivity contribution in [2.24, 2.45) is 11.3 Å². The molecule has 0 aromatic heterocycles. The summed E-state index contributed by atoms with van der Waals surface area (Å²) < 4.78 is 0. The van der Waals surface area contributed by atoms with Crippen molar-refractivity contribution < 1.29 is 0 Å². The predicted molar refractivity (Wildman–Crippen MR) is 57.8 cm³/mol. The third-order valence-electron chi connectivity index (χ3n) is 4.59. The van der Waals surface area contributed by atoms with Crippen molar-refractivity contribution in [3.05, 3.63) is 0 Å². The molecule has 0 spiro atoms. The molecule has 0 saturated heterocycles. The molecule has 0 heteroatoms. The average Bonchev–Trinajstić information content (AvgIpc) is 2.09. The molecule has 0 nitrogen and oxygen atoms in total. The van der Waals surface area contributed by atoms with Gasteiger partial charge in [-0.2, -0.15) is 0 Å². The number of fused-ring (bicyclic) bond motifs is 1. The summed E-state index contributed by atoms with van der Waals surface area (Å²) in [4.78, 5) is 0. The van der Waals surface area contributed by atoms with Crippen molar-refractivity contribution in [2.45, 2.75) is 71.1 Å². The standard InChI is InChI=1S/C13H24/c1-13-10-6-3-2-4-8-12(13)9-5-7-11-13/h12H,2-11H2,1H3. The molecule has 2 saturated carbocycles. The summed E-state index contributed by atoms with van der Waals surface area (Å²) in [5.74, 6) is 1.08. The Morgan fingerprint density at radius 3 is 2.08 bits per heavy atom. The lowest BCUT2D eigenvalue weighted by molar-refractivity contribution is 0.0827. The van der Waals surface area contributed by atoms with Gasteiger partial charge in [0.1, 0.15) is 0 Å². The van der Waals surface area contributed by atoms with Crippen molar-refractivity contribution in [2.75, 3.05) is 0 Å². The Labute approximate surface area is 83.1 Å². The van der Waals surface area contributed by atoms with E-state index in [0.717, 1.165) is 11.3 Å². The van der Waals surface area contributed by atoms with Crippen LogP contribution in [0.25, 0.3) is 0 Å². The monoisotopic (exact) mass is 180 g/mol. The highest BCUT2D eigenvalue weighted by molar-refractivity contribution is 4.87. The van der Waals surface area contributed by atoms with Crippen LogP contribution in [0.2, 0.25) is 0 Å². The van der Waals surface area contributed by atoms with E-state index in [9.17, 15) is 0 Å². The van der Waals surface area contributed by atoms with Gasteiger partial charge >= 0.3 is 0 Å². The van der Waals surface area contributed by atoms with E-state index in [4.69, 9.17) is 0 Å². The molecule has 2 unspecified atom stereocenters. The van der Waals surface area contributed by atoms with E-state index >= 15 is 0 Å². The molecule has 2 rings (SSSR count). The summed E-state index contributed by atoms with van der Waals surface area (Å²) in [6, 6.07) is 0. The minimum Gasteiger partial charge on any atom is -0.0594 e. The average molecular weight is 180 g/mol. The van der Waals surface area contributed by atoms with Gasteiger partial charge in [0.05, 0.1) is 0 Å². The number of hydrogen-bond acceptors (Lipinski definition) is 0. The predicted octanol–water partition coefficient (Wildman–Crippen LogP) is 4.54. The normalized spacial score (nSPS) is 41.8. The quantitative estimate of drug-likeness (QED) is 0.513. The Balaban J connectivity index is 2.02. The van der Waals surface area contributed by atoms with Crippen molar-refractivity contribution in [1.82, 2.24) is 0 Å². The van der Waals surface area contributed by atoms with Crippen LogP contribution in [0.1, 0.15) is 71.1 Å². The van der Waals surface area contributed by atoms with E-state index in [1.807, 2.05) is 0 Å². The van der Waals surface area contributed by atoms with E-state index in [1.54, 1.807) is 0 Å².